The van der Waals surface area contributed by atoms with E-state index >= 15 is 0 Å². The van der Waals surface area contributed by atoms with Crippen molar-refractivity contribution in [3.8, 4) is 10.4 Å². The van der Waals surface area contributed by atoms with Crippen molar-refractivity contribution in [1.29, 1.82) is 0 Å². The minimum Gasteiger partial charge on any atom is -0.300 e. The fourth-order valence-corrected chi connectivity index (χ4v) is 3.79. The number of aryl methyl sites for hydroxylation is 2. The van der Waals surface area contributed by atoms with Crippen LogP contribution in [0.15, 0.2) is 47.7 Å². The molecule has 136 valence electrons. The van der Waals surface area contributed by atoms with Gasteiger partial charge in [-0.15, -0.1) is 0 Å². The Morgan fingerprint density at radius 1 is 1.26 bits per heavy atom. The number of fused-ring (bicyclic) bond motifs is 1. The number of amides is 1. The van der Waals surface area contributed by atoms with E-state index < -0.39 is 0 Å². The molecular weight excluding hydrogens is 364 g/mol. The average molecular weight is 380 g/mol. The Morgan fingerprint density at radius 2 is 2.04 bits per heavy atom. The van der Waals surface area contributed by atoms with E-state index in [0.717, 1.165) is 16.1 Å². The van der Waals surface area contributed by atoms with Gasteiger partial charge in [-0.3, -0.25) is 18.8 Å². The fourth-order valence-electron chi connectivity index (χ4n) is 2.80. The van der Waals surface area contributed by atoms with Crippen LogP contribution in [0.1, 0.15) is 5.69 Å². The van der Waals surface area contributed by atoms with Gasteiger partial charge in [0.25, 0.3) is 5.56 Å². The molecule has 0 saturated heterocycles. The maximum Gasteiger partial charge on any atom is 0.264 e. The second-order valence-electron chi connectivity index (χ2n) is 6.03. The molecule has 27 heavy (non-hydrogen) atoms. The lowest BCUT2D eigenvalue weighted by Crippen LogP contribution is -2.27. The summed E-state index contributed by atoms with van der Waals surface area (Å²) in [6, 6.07) is 9.87. The van der Waals surface area contributed by atoms with Gasteiger partial charge in [-0.05, 0) is 12.5 Å². The van der Waals surface area contributed by atoms with E-state index in [4.69, 9.17) is 0 Å². The molecule has 4 rings (SSSR count). The standard InChI is InChI=1S/C18H16N6O2S/c1-11-15(12-6-4-3-5-7-12)27-18(21-11)22-14(25)9-24-10-19-16-13(17(24)26)8-20-23(16)2/h3-8,10H,9H2,1-2H3,(H,21,22,25). The van der Waals surface area contributed by atoms with Gasteiger partial charge in [0.1, 0.15) is 18.3 Å². The van der Waals surface area contributed by atoms with Crippen LogP contribution in [0.4, 0.5) is 5.13 Å². The highest BCUT2D eigenvalue weighted by molar-refractivity contribution is 7.19. The number of aromatic nitrogens is 5. The monoisotopic (exact) mass is 380 g/mol. The number of nitrogens with zero attached hydrogens (tertiary/aromatic N) is 5. The van der Waals surface area contributed by atoms with Crippen LogP contribution in [0.2, 0.25) is 0 Å². The number of carbonyl (C=O) groups excluding carboxylic acids is 1. The van der Waals surface area contributed by atoms with Gasteiger partial charge in [0.05, 0.1) is 16.8 Å². The quantitative estimate of drug-likeness (QED) is 0.586. The van der Waals surface area contributed by atoms with Gasteiger partial charge in [0.15, 0.2) is 10.8 Å². The summed E-state index contributed by atoms with van der Waals surface area (Å²) in [4.78, 5) is 34.4. The van der Waals surface area contributed by atoms with Gasteiger partial charge >= 0.3 is 0 Å². The molecule has 0 fully saturated rings. The van der Waals surface area contributed by atoms with E-state index in [2.05, 4.69) is 20.4 Å². The van der Waals surface area contributed by atoms with Crippen molar-refractivity contribution >= 4 is 33.4 Å². The molecule has 0 aliphatic carbocycles. The predicted octanol–water partition coefficient (Wildman–Crippen LogP) is 2.20. The molecule has 3 aromatic heterocycles. The molecule has 8 nitrogen and oxygen atoms in total. The lowest BCUT2D eigenvalue weighted by Gasteiger charge is -2.05. The number of thiazole rings is 1. The summed E-state index contributed by atoms with van der Waals surface area (Å²) in [5.74, 6) is -0.337. The Morgan fingerprint density at radius 3 is 2.81 bits per heavy atom. The number of nitrogens with one attached hydrogen (secondary N) is 1. The highest BCUT2D eigenvalue weighted by Crippen LogP contribution is 2.32. The minimum atomic E-state index is -0.337. The van der Waals surface area contributed by atoms with Crippen LogP contribution in [0.25, 0.3) is 21.5 Å². The number of carbonyl (C=O) groups is 1. The number of anilines is 1. The van der Waals surface area contributed by atoms with Crippen LogP contribution >= 0.6 is 11.3 Å². The van der Waals surface area contributed by atoms with Crippen molar-refractivity contribution < 1.29 is 4.79 Å². The Balaban J connectivity index is 1.54. The number of hydrogen-bond donors (Lipinski definition) is 1. The van der Waals surface area contributed by atoms with E-state index in [1.807, 2.05) is 37.3 Å². The maximum absolute atomic E-state index is 12.4. The smallest absolute Gasteiger partial charge is 0.264 e. The van der Waals surface area contributed by atoms with E-state index in [-0.39, 0.29) is 18.0 Å². The Bertz CT molecular complexity index is 1190. The summed E-state index contributed by atoms with van der Waals surface area (Å²) in [5, 5.41) is 7.66. The summed E-state index contributed by atoms with van der Waals surface area (Å²) >= 11 is 1.40. The summed E-state index contributed by atoms with van der Waals surface area (Å²) < 4.78 is 2.78. The first kappa shape index (κ1) is 17.1. The SMILES string of the molecule is Cc1nc(NC(=O)Cn2cnc3c(cnn3C)c2=O)sc1-c1ccccc1. The van der Waals surface area contributed by atoms with Gasteiger partial charge in [0.2, 0.25) is 5.91 Å². The first-order valence-corrected chi connectivity index (χ1v) is 9.04. The number of hydrogen-bond acceptors (Lipinski definition) is 6. The molecule has 0 aliphatic heterocycles. The highest BCUT2D eigenvalue weighted by atomic mass is 32.1. The summed E-state index contributed by atoms with van der Waals surface area (Å²) in [6.45, 7) is 1.76. The third-order valence-corrected chi connectivity index (χ3v) is 5.23. The van der Waals surface area contributed by atoms with Crippen LogP contribution in [0.5, 0.6) is 0 Å². The van der Waals surface area contributed by atoms with Crippen LogP contribution in [-0.4, -0.2) is 30.2 Å². The highest BCUT2D eigenvalue weighted by Gasteiger charge is 2.14. The molecule has 0 unspecified atom stereocenters. The lowest BCUT2D eigenvalue weighted by molar-refractivity contribution is -0.116. The van der Waals surface area contributed by atoms with Crippen molar-refractivity contribution in [2.75, 3.05) is 5.32 Å². The maximum atomic E-state index is 12.4. The van der Waals surface area contributed by atoms with Crippen LogP contribution in [0.3, 0.4) is 0 Å². The van der Waals surface area contributed by atoms with Crippen molar-refractivity contribution in [2.24, 2.45) is 7.05 Å². The van der Waals surface area contributed by atoms with Crippen molar-refractivity contribution in [3.63, 3.8) is 0 Å². The molecule has 3 heterocycles. The molecule has 0 radical (unpaired) electrons. The van der Waals surface area contributed by atoms with Crippen molar-refractivity contribution in [2.45, 2.75) is 13.5 Å². The molecule has 0 atom stereocenters. The first-order valence-electron chi connectivity index (χ1n) is 8.23. The minimum absolute atomic E-state index is 0.143. The summed E-state index contributed by atoms with van der Waals surface area (Å²) in [6.07, 6.45) is 2.81. The third kappa shape index (κ3) is 3.24. The first-order chi connectivity index (χ1) is 13.0. The zero-order chi connectivity index (χ0) is 19.0. The van der Waals surface area contributed by atoms with E-state index in [1.165, 1.54) is 33.1 Å². The normalized spacial score (nSPS) is 11.0. The molecule has 1 aromatic carbocycles. The molecule has 1 amide bonds. The van der Waals surface area contributed by atoms with Crippen LogP contribution in [0, 0.1) is 6.92 Å². The van der Waals surface area contributed by atoms with E-state index in [9.17, 15) is 9.59 Å². The summed E-state index contributed by atoms with van der Waals surface area (Å²) in [7, 11) is 1.71. The third-order valence-electron chi connectivity index (χ3n) is 4.11. The number of rotatable bonds is 4. The lowest BCUT2D eigenvalue weighted by atomic mass is 10.2. The zero-order valence-corrected chi connectivity index (χ0v) is 15.5. The fraction of sp³-hybridized carbons (Fsp3) is 0.167. The Hall–Kier alpha value is -3.33. The molecule has 9 heteroatoms. The van der Waals surface area contributed by atoms with Gasteiger partial charge in [-0.2, -0.15) is 5.10 Å². The van der Waals surface area contributed by atoms with Crippen molar-refractivity contribution in [1.82, 2.24) is 24.3 Å². The van der Waals surface area contributed by atoms with Crippen molar-refractivity contribution in [3.05, 3.63) is 58.9 Å². The van der Waals surface area contributed by atoms with E-state index in [0.29, 0.717) is 16.2 Å². The number of benzene rings is 1. The predicted molar refractivity (Wildman–Crippen MR) is 104 cm³/mol. The second-order valence-corrected chi connectivity index (χ2v) is 7.03. The zero-order valence-electron chi connectivity index (χ0n) is 14.7. The average Bonchev–Trinajstić information content (AvgIpc) is 3.21. The molecule has 0 saturated carbocycles. The van der Waals surface area contributed by atoms with Crippen LogP contribution < -0.4 is 10.9 Å². The molecule has 0 spiro atoms. The topological polar surface area (TPSA) is 94.7 Å². The van der Waals surface area contributed by atoms with Gasteiger partial charge in [-0.25, -0.2) is 9.97 Å². The second kappa shape index (κ2) is 6.76. The molecular formula is C18H16N6O2S. The largest absolute Gasteiger partial charge is 0.300 e. The van der Waals surface area contributed by atoms with E-state index in [1.54, 1.807) is 7.05 Å². The molecule has 0 bridgehead atoms. The Labute approximate surface area is 158 Å². The Kier molecular flexibility index (Phi) is 4.28. The molecule has 4 aromatic rings. The van der Waals surface area contributed by atoms with Gasteiger partial charge in [0, 0.05) is 7.05 Å². The molecule has 0 aliphatic rings. The van der Waals surface area contributed by atoms with Gasteiger partial charge < -0.3 is 5.32 Å². The van der Waals surface area contributed by atoms with Crippen LogP contribution in [-0.2, 0) is 18.4 Å². The molecule has 1 N–H and O–H groups in total. The van der Waals surface area contributed by atoms with Gasteiger partial charge in [-0.1, -0.05) is 41.7 Å². The summed E-state index contributed by atoms with van der Waals surface area (Å²) in [5.41, 5.74) is 2.08.